The van der Waals surface area contributed by atoms with Crippen LogP contribution in [0.1, 0.15) is 22.7 Å². The van der Waals surface area contributed by atoms with Gasteiger partial charge in [-0.1, -0.05) is 78.9 Å². The van der Waals surface area contributed by atoms with E-state index in [-0.39, 0.29) is 6.04 Å². The second-order valence-corrected chi connectivity index (χ2v) is 5.44. The Morgan fingerprint density at radius 1 is 0.682 bits per heavy atom. The minimum atomic E-state index is 0.117. The first kappa shape index (κ1) is 12.8. The molecule has 3 aromatic rings. The van der Waals surface area contributed by atoms with Gasteiger partial charge >= 0.3 is 0 Å². The Labute approximate surface area is 130 Å². The van der Waals surface area contributed by atoms with Crippen molar-refractivity contribution in [2.24, 2.45) is 5.10 Å². The van der Waals surface area contributed by atoms with Crippen molar-refractivity contribution in [3.8, 4) is 11.1 Å². The van der Waals surface area contributed by atoms with Gasteiger partial charge in [-0.3, -0.25) is 5.43 Å². The molecule has 4 rings (SSSR count). The largest absolute Gasteiger partial charge is 0.298 e. The first-order valence-electron chi connectivity index (χ1n) is 7.45. The maximum Gasteiger partial charge on any atom is 0.0946 e. The van der Waals surface area contributed by atoms with E-state index >= 15 is 0 Å². The number of hydrogen-bond acceptors (Lipinski definition) is 2. The Morgan fingerprint density at radius 3 is 2.18 bits per heavy atom. The predicted octanol–water partition coefficient (Wildman–Crippen LogP) is 4.38. The first-order valence-corrected chi connectivity index (χ1v) is 7.45. The molecule has 3 aromatic carbocycles. The van der Waals surface area contributed by atoms with Crippen molar-refractivity contribution in [3.05, 3.63) is 95.6 Å². The highest BCUT2D eigenvalue weighted by Crippen LogP contribution is 2.28. The maximum atomic E-state index is 4.28. The summed E-state index contributed by atoms with van der Waals surface area (Å²) in [7, 11) is 0. The number of hydrogen-bond donors (Lipinski definition) is 1. The predicted molar refractivity (Wildman–Crippen MR) is 90.9 cm³/mol. The molecule has 0 bridgehead atoms. The minimum Gasteiger partial charge on any atom is -0.298 e. The highest BCUT2D eigenvalue weighted by molar-refractivity contribution is 5.83. The highest BCUT2D eigenvalue weighted by Gasteiger charge is 2.18. The zero-order valence-corrected chi connectivity index (χ0v) is 12.1. The summed E-state index contributed by atoms with van der Waals surface area (Å²) in [6.45, 7) is 0. The van der Waals surface area contributed by atoms with Crippen LogP contribution in [-0.4, -0.2) is 6.21 Å². The van der Waals surface area contributed by atoms with Crippen molar-refractivity contribution in [1.82, 2.24) is 5.43 Å². The van der Waals surface area contributed by atoms with Gasteiger partial charge in [0.15, 0.2) is 0 Å². The molecule has 22 heavy (non-hydrogen) atoms. The average Bonchev–Trinajstić information content (AvgIpc) is 2.62. The quantitative estimate of drug-likeness (QED) is 0.742. The summed E-state index contributed by atoms with van der Waals surface area (Å²) in [6.07, 6.45) is 1.88. The molecule has 1 N–H and O–H groups in total. The van der Waals surface area contributed by atoms with Crippen LogP contribution in [0.2, 0.25) is 0 Å². The molecule has 1 aliphatic heterocycles. The molecule has 0 saturated carbocycles. The topological polar surface area (TPSA) is 24.4 Å². The first-order chi connectivity index (χ1) is 10.9. The van der Waals surface area contributed by atoms with Crippen molar-refractivity contribution >= 4 is 6.21 Å². The fraction of sp³-hybridized carbons (Fsp3) is 0.0500. The van der Waals surface area contributed by atoms with Gasteiger partial charge in [-0.2, -0.15) is 5.10 Å². The summed E-state index contributed by atoms with van der Waals surface area (Å²) < 4.78 is 0. The average molecular weight is 284 g/mol. The number of hydrazone groups is 1. The van der Waals surface area contributed by atoms with E-state index in [1.54, 1.807) is 0 Å². The normalized spacial score (nSPS) is 15.9. The lowest BCUT2D eigenvalue weighted by molar-refractivity contribution is 0.632. The molecule has 0 aliphatic carbocycles. The second-order valence-electron chi connectivity index (χ2n) is 5.44. The van der Waals surface area contributed by atoms with Crippen LogP contribution in [0.15, 0.2) is 84.0 Å². The van der Waals surface area contributed by atoms with Crippen LogP contribution in [0, 0.1) is 0 Å². The van der Waals surface area contributed by atoms with Crippen molar-refractivity contribution in [1.29, 1.82) is 0 Å². The number of fused-ring (bicyclic) bond motifs is 1. The third kappa shape index (κ3) is 2.29. The zero-order chi connectivity index (χ0) is 14.8. The summed E-state index contributed by atoms with van der Waals surface area (Å²) in [4.78, 5) is 0. The molecular formula is C20H16N2. The van der Waals surface area contributed by atoms with Crippen LogP contribution in [0.25, 0.3) is 11.1 Å². The van der Waals surface area contributed by atoms with Gasteiger partial charge in [-0.25, -0.2) is 0 Å². The van der Waals surface area contributed by atoms with Gasteiger partial charge in [0.2, 0.25) is 0 Å². The van der Waals surface area contributed by atoms with Crippen LogP contribution in [-0.2, 0) is 0 Å². The number of nitrogens with zero attached hydrogens (tertiary/aromatic N) is 1. The third-order valence-corrected chi connectivity index (χ3v) is 4.07. The van der Waals surface area contributed by atoms with E-state index in [9.17, 15) is 0 Å². The van der Waals surface area contributed by atoms with Crippen molar-refractivity contribution in [2.75, 3.05) is 0 Å². The van der Waals surface area contributed by atoms with Crippen molar-refractivity contribution in [3.63, 3.8) is 0 Å². The Bertz CT molecular complexity index is 805. The summed E-state index contributed by atoms with van der Waals surface area (Å²) in [5.74, 6) is 0. The molecule has 0 unspecified atom stereocenters. The molecule has 0 saturated heterocycles. The molecule has 106 valence electrons. The van der Waals surface area contributed by atoms with Gasteiger partial charge in [0, 0.05) is 5.56 Å². The van der Waals surface area contributed by atoms with Crippen molar-refractivity contribution in [2.45, 2.75) is 6.04 Å². The standard InChI is InChI=1S/C20H16N2/c1-2-6-15(7-3-1)16-10-12-17(13-11-16)20-19-9-5-4-8-18(19)14-21-22-20/h1-14,20,22H/t20-/m0/s1. The Kier molecular flexibility index (Phi) is 3.20. The third-order valence-electron chi connectivity index (χ3n) is 4.07. The lowest BCUT2D eigenvalue weighted by Crippen LogP contribution is -2.22. The molecule has 0 amide bonds. The Balaban J connectivity index is 1.69. The van der Waals surface area contributed by atoms with Crippen LogP contribution in [0.3, 0.4) is 0 Å². The van der Waals surface area contributed by atoms with Gasteiger partial charge in [-0.05, 0) is 22.3 Å². The van der Waals surface area contributed by atoms with E-state index in [1.165, 1.54) is 27.8 Å². The highest BCUT2D eigenvalue weighted by atomic mass is 15.3. The van der Waals surface area contributed by atoms with Crippen LogP contribution >= 0.6 is 0 Å². The molecule has 2 heteroatoms. The van der Waals surface area contributed by atoms with E-state index in [1.807, 2.05) is 18.3 Å². The summed E-state index contributed by atoms with van der Waals surface area (Å²) in [5.41, 5.74) is 9.37. The zero-order valence-electron chi connectivity index (χ0n) is 12.1. The number of benzene rings is 3. The smallest absolute Gasteiger partial charge is 0.0946 e. The minimum absolute atomic E-state index is 0.117. The summed E-state index contributed by atoms with van der Waals surface area (Å²) in [6, 6.07) is 27.6. The maximum absolute atomic E-state index is 4.28. The van der Waals surface area contributed by atoms with Gasteiger partial charge in [0.25, 0.3) is 0 Å². The lowest BCUT2D eigenvalue weighted by atomic mass is 9.93. The summed E-state index contributed by atoms with van der Waals surface area (Å²) in [5, 5.41) is 4.28. The lowest BCUT2D eigenvalue weighted by Gasteiger charge is -2.23. The van der Waals surface area contributed by atoms with E-state index in [4.69, 9.17) is 0 Å². The van der Waals surface area contributed by atoms with Gasteiger partial charge < -0.3 is 0 Å². The van der Waals surface area contributed by atoms with Gasteiger partial charge in [0.05, 0.1) is 12.3 Å². The SMILES string of the molecule is C1=NN[C@@H](c2ccc(-c3ccccc3)cc2)c2ccccc21. The van der Waals surface area contributed by atoms with Crippen LogP contribution in [0.5, 0.6) is 0 Å². The molecule has 1 atom stereocenters. The number of nitrogens with one attached hydrogen (secondary N) is 1. The molecule has 1 heterocycles. The Morgan fingerprint density at radius 2 is 1.36 bits per heavy atom. The Hall–Kier alpha value is -2.87. The molecule has 0 aromatic heterocycles. The van der Waals surface area contributed by atoms with E-state index in [0.717, 1.165) is 0 Å². The molecular weight excluding hydrogens is 268 g/mol. The number of rotatable bonds is 2. The molecule has 0 spiro atoms. The molecule has 0 radical (unpaired) electrons. The fourth-order valence-corrected chi connectivity index (χ4v) is 2.89. The van der Waals surface area contributed by atoms with E-state index < -0.39 is 0 Å². The van der Waals surface area contributed by atoms with E-state index in [2.05, 4.69) is 77.3 Å². The summed E-state index contributed by atoms with van der Waals surface area (Å²) >= 11 is 0. The molecule has 1 aliphatic rings. The van der Waals surface area contributed by atoms with Crippen molar-refractivity contribution < 1.29 is 0 Å². The van der Waals surface area contributed by atoms with Crippen LogP contribution < -0.4 is 5.43 Å². The van der Waals surface area contributed by atoms with Crippen LogP contribution in [0.4, 0.5) is 0 Å². The van der Waals surface area contributed by atoms with Gasteiger partial charge in [-0.15, -0.1) is 0 Å². The second kappa shape index (κ2) is 5.49. The monoisotopic (exact) mass is 284 g/mol. The fourth-order valence-electron chi connectivity index (χ4n) is 2.89. The molecule has 2 nitrogen and oxygen atoms in total. The van der Waals surface area contributed by atoms with E-state index in [0.29, 0.717) is 0 Å². The van der Waals surface area contributed by atoms with Gasteiger partial charge in [0.1, 0.15) is 0 Å². The molecule has 0 fully saturated rings.